The smallest absolute Gasteiger partial charge is 0.779 e. The summed E-state index contributed by atoms with van der Waals surface area (Å²) in [4.78, 5) is 0.780. The summed E-state index contributed by atoms with van der Waals surface area (Å²) < 4.78 is 0. The molecule has 0 bridgehead atoms. The molecule has 0 saturated carbocycles. The van der Waals surface area contributed by atoms with Gasteiger partial charge in [-0.15, -0.1) is 0 Å². The topological polar surface area (TPSA) is 0 Å². The summed E-state index contributed by atoms with van der Waals surface area (Å²) in [5.41, 5.74) is 0. The Balaban J connectivity index is 0. The van der Waals surface area contributed by atoms with Crippen molar-refractivity contribution in [2.24, 2.45) is 0 Å². The summed E-state index contributed by atoms with van der Waals surface area (Å²) in [6.07, 6.45) is 0. The van der Waals surface area contributed by atoms with Crippen molar-refractivity contribution in [1.29, 1.82) is 0 Å². The number of benzene rings is 1. The van der Waals surface area contributed by atoms with E-state index in [4.69, 9.17) is 12.6 Å². The SMILES string of the molecule is [Li+].[Li].[S-]c1[c]cccc1. The van der Waals surface area contributed by atoms with Gasteiger partial charge < -0.3 is 12.6 Å². The van der Waals surface area contributed by atoms with Crippen LogP contribution in [0.3, 0.4) is 0 Å². The summed E-state index contributed by atoms with van der Waals surface area (Å²) in [5.74, 6) is 0. The third-order valence-electron chi connectivity index (χ3n) is 0.681. The van der Waals surface area contributed by atoms with Crippen LogP contribution < -0.4 is 18.9 Å². The molecule has 0 heterocycles. The van der Waals surface area contributed by atoms with E-state index in [0.29, 0.717) is 0 Å². The fourth-order valence-electron chi connectivity index (χ4n) is 0.377. The van der Waals surface area contributed by atoms with Crippen molar-refractivity contribution >= 4 is 31.5 Å². The molecule has 0 spiro atoms. The van der Waals surface area contributed by atoms with Crippen LogP contribution >= 0.6 is 0 Å². The molecular weight excluding hydrogens is 118 g/mol. The first-order valence-electron chi connectivity index (χ1n) is 2.03. The number of hydrogen-bond acceptors (Lipinski definition) is 1. The standard InChI is InChI=1S/C6H5S.2Li/c7-6-4-2-1-3-5-6;;/h1-4,7H;;/q;;+1/p-1. The first-order valence-corrected chi connectivity index (χ1v) is 2.44. The Morgan fingerprint density at radius 2 is 2.00 bits per heavy atom. The number of rotatable bonds is 0. The third-order valence-corrected chi connectivity index (χ3v) is 0.934. The average molecular weight is 122 g/mol. The van der Waals surface area contributed by atoms with Crippen LogP contribution in [0.25, 0.3) is 0 Å². The van der Waals surface area contributed by atoms with Gasteiger partial charge in [-0.2, -0.15) is 4.90 Å². The van der Waals surface area contributed by atoms with E-state index in [1.54, 1.807) is 0 Å². The second kappa shape index (κ2) is 6.75. The molecule has 0 aliphatic heterocycles. The van der Waals surface area contributed by atoms with E-state index in [1.165, 1.54) is 0 Å². The second-order valence-corrected chi connectivity index (χ2v) is 1.67. The Morgan fingerprint density at radius 1 is 1.33 bits per heavy atom. The summed E-state index contributed by atoms with van der Waals surface area (Å²) in [5, 5.41) is 0. The van der Waals surface area contributed by atoms with Crippen molar-refractivity contribution in [1.82, 2.24) is 0 Å². The molecule has 1 aromatic carbocycles. The molecule has 3 heteroatoms. The van der Waals surface area contributed by atoms with Gasteiger partial charge in [0.15, 0.2) is 0 Å². The minimum Gasteiger partial charge on any atom is -0.779 e. The molecule has 0 atom stereocenters. The first kappa shape index (κ1) is 12.3. The molecule has 9 heavy (non-hydrogen) atoms. The predicted octanol–water partition coefficient (Wildman–Crippen LogP) is -1.98. The van der Waals surface area contributed by atoms with Crippen molar-refractivity contribution in [2.75, 3.05) is 0 Å². The molecular formula is C6H4Li2S. The summed E-state index contributed by atoms with van der Waals surface area (Å²) in [6, 6.07) is 10.3. The van der Waals surface area contributed by atoms with Crippen LogP contribution in [0.2, 0.25) is 0 Å². The first-order chi connectivity index (χ1) is 3.39. The zero-order valence-corrected chi connectivity index (χ0v) is 6.53. The molecule has 0 fully saturated rings. The summed E-state index contributed by atoms with van der Waals surface area (Å²) in [6.45, 7) is 0. The van der Waals surface area contributed by atoms with E-state index >= 15 is 0 Å². The molecule has 0 unspecified atom stereocenters. The van der Waals surface area contributed by atoms with E-state index in [2.05, 4.69) is 6.07 Å². The normalized spacial score (nSPS) is 6.67. The van der Waals surface area contributed by atoms with Gasteiger partial charge in [0, 0.05) is 18.9 Å². The second-order valence-electron chi connectivity index (χ2n) is 1.23. The van der Waals surface area contributed by atoms with Gasteiger partial charge in [0.1, 0.15) is 0 Å². The maximum atomic E-state index is 4.76. The van der Waals surface area contributed by atoms with E-state index in [-0.39, 0.29) is 37.7 Å². The molecule has 0 saturated heterocycles. The van der Waals surface area contributed by atoms with Crippen LogP contribution in [0.15, 0.2) is 29.2 Å². The Bertz CT molecular complexity index is 141. The third kappa shape index (κ3) is 5.10. The average Bonchev–Trinajstić information content (AvgIpc) is 1.69. The minimum absolute atomic E-state index is 0. The van der Waals surface area contributed by atoms with Crippen molar-refractivity contribution in [3.63, 3.8) is 0 Å². The van der Waals surface area contributed by atoms with Crippen LogP contribution in [0.1, 0.15) is 0 Å². The van der Waals surface area contributed by atoms with Crippen molar-refractivity contribution < 1.29 is 18.9 Å². The molecule has 0 aliphatic carbocycles. The molecule has 36 valence electrons. The van der Waals surface area contributed by atoms with Crippen molar-refractivity contribution in [2.45, 2.75) is 4.90 Å². The van der Waals surface area contributed by atoms with E-state index in [1.807, 2.05) is 24.3 Å². The van der Waals surface area contributed by atoms with E-state index in [9.17, 15) is 0 Å². The maximum absolute atomic E-state index is 4.76. The minimum atomic E-state index is 0. The molecule has 0 N–H and O–H groups in total. The monoisotopic (exact) mass is 122 g/mol. The van der Waals surface area contributed by atoms with Gasteiger partial charge in [-0.25, -0.2) is 0 Å². The van der Waals surface area contributed by atoms with Crippen molar-refractivity contribution in [3.8, 4) is 0 Å². The maximum Gasteiger partial charge on any atom is 1.00 e. The molecule has 1 rings (SSSR count). The van der Waals surface area contributed by atoms with Crippen LogP contribution in [0, 0.1) is 6.07 Å². The van der Waals surface area contributed by atoms with Gasteiger partial charge in [0.25, 0.3) is 0 Å². The van der Waals surface area contributed by atoms with Crippen LogP contribution in [0.4, 0.5) is 0 Å². The Kier molecular flexibility index (Phi) is 9.24. The van der Waals surface area contributed by atoms with Crippen LogP contribution in [0.5, 0.6) is 0 Å². The zero-order chi connectivity index (χ0) is 5.11. The largest absolute Gasteiger partial charge is 1.00 e. The van der Waals surface area contributed by atoms with Crippen molar-refractivity contribution in [3.05, 3.63) is 30.3 Å². The molecule has 0 aliphatic rings. The quantitative estimate of drug-likeness (QED) is 0.284. The van der Waals surface area contributed by atoms with Gasteiger partial charge in [0.2, 0.25) is 0 Å². The Hall–Kier alpha value is 0.635. The number of hydrogen-bond donors (Lipinski definition) is 0. The van der Waals surface area contributed by atoms with Gasteiger partial charge in [-0.05, 0) is 6.07 Å². The molecule has 2 radical (unpaired) electrons. The van der Waals surface area contributed by atoms with Crippen LogP contribution in [-0.4, -0.2) is 18.9 Å². The fourth-order valence-corrected chi connectivity index (χ4v) is 0.523. The fraction of sp³-hybridized carbons (Fsp3) is 0. The molecule has 1 aromatic rings. The summed E-state index contributed by atoms with van der Waals surface area (Å²) in [7, 11) is 0. The van der Waals surface area contributed by atoms with E-state index < -0.39 is 0 Å². The Labute approximate surface area is 85.2 Å². The molecule has 0 nitrogen and oxygen atoms in total. The van der Waals surface area contributed by atoms with Gasteiger partial charge >= 0.3 is 18.9 Å². The zero-order valence-electron chi connectivity index (χ0n) is 5.72. The molecule has 0 amide bonds. The van der Waals surface area contributed by atoms with Gasteiger partial charge in [0.05, 0.1) is 0 Å². The van der Waals surface area contributed by atoms with E-state index in [0.717, 1.165) is 4.90 Å². The van der Waals surface area contributed by atoms with Gasteiger partial charge in [-0.3, -0.25) is 0 Å². The van der Waals surface area contributed by atoms with Gasteiger partial charge in [-0.1, -0.05) is 24.3 Å². The summed E-state index contributed by atoms with van der Waals surface area (Å²) >= 11 is 4.76. The molecule has 0 aromatic heterocycles. The Morgan fingerprint density at radius 3 is 2.22 bits per heavy atom. The predicted molar refractivity (Wildman–Crippen MR) is 36.7 cm³/mol. The van der Waals surface area contributed by atoms with Crippen LogP contribution in [-0.2, 0) is 12.6 Å².